The number of aromatic amines is 1. The van der Waals surface area contributed by atoms with Gasteiger partial charge in [0.15, 0.2) is 0 Å². The average molecular weight is 417 g/mol. The summed E-state index contributed by atoms with van der Waals surface area (Å²) in [5, 5.41) is 19.4. The molecule has 8 heteroatoms. The zero-order valence-corrected chi connectivity index (χ0v) is 16.7. The van der Waals surface area contributed by atoms with E-state index in [4.69, 9.17) is 23.2 Å². The van der Waals surface area contributed by atoms with E-state index in [0.29, 0.717) is 44.6 Å². The Morgan fingerprint density at radius 3 is 2.61 bits per heavy atom. The van der Waals surface area contributed by atoms with Crippen LogP contribution in [0.15, 0.2) is 29.2 Å². The van der Waals surface area contributed by atoms with Crippen LogP contribution in [0.2, 0.25) is 10.0 Å². The van der Waals surface area contributed by atoms with E-state index in [-0.39, 0.29) is 5.56 Å². The van der Waals surface area contributed by atoms with Gasteiger partial charge in [-0.15, -0.1) is 0 Å². The number of rotatable bonds is 3. The molecule has 0 unspecified atom stereocenters. The maximum absolute atomic E-state index is 12.3. The summed E-state index contributed by atoms with van der Waals surface area (Å²) < 4.78 is 0. The first kappa shape index (κ1) is 18.8. The molecule has 1 aromatic carbocycles. The van der Waals surface area contributed by atoms with Gasteiger partial charge in [0.25, 0.3) is 5.56 Å². The van der Waals surface area contributed by atoms with E-state index in [9.17, 15) is 9.90 Å². The lowest BCUT2D eigenvalue weighted by Crippen LogP contribution is -2.38. The molecule has 0 fully saturated rings. The molecule has 144 valence electrons. The lowest BCUT2D eigenvalue weighted by Gasteiger charge is -2.20. The molecule has 0 saturated heterocycles. The van der Waals surface area contributed by atoms with Crippen molar-refractivity contribution in [2.75, 3.05) is 11.9 Å². The van der Waals surface area contributed by atoms with E-state index >= 15 is 0 Å². The molecular weight excluding hydrogens is 399 g/mol. The minimum absolute atomic E-state index is 0.202. The van der Waals surface area contributed by atoms with E-state index in [0.717, 1.165) is 10.4 Å². The van der Waals surface area contributed by atoms with E-state index in [2.05, 4.69) is 20.6 Å². The van der Waals surface area contributed by atoms with Gasteiger partial charge >= 0.3 is 0 Å². The van der Waals surface area contributed by atoms with Crippen molar-refractivity contribution in [1.82, 2.24) is 15.3 Å². The Kier molecular flexibility index (Phi) is 4.57. The van der Waals surface area contributed by atoms with Gasteiger partial charge in [-0.2, -0.15) is 0 Å². The molecule has 1 aliphatic rings. The van der Waals surface area contributed by atoms with Crippen LogP contribution in [0, 0.1) is 0 Å². The lowest BCUT2D eigenvalue weighted by atomic mass is 9.98. The number of aliphatic hydroxyl groups is 1. The summed E-state index contributed by atoms with van der Waals surface area (Å²) in [6.07, 6.45) is 5.32. The number of halogens is 2. The molecule has 0 aliphatic carbocycles. The van der Waals surface area contributed by atoms with E-state index in [1.54, 1.807) is 44.4 Å². The van der Waals surface area contributed by atoms with Gasteiger partial charge in [-0.05, 0) is 37.6 Å². The van der Waals surface area contributed by atoms with E-state index < -0.39 is 5.60 Å². The summed E-state index contributed by atoms with van der Waals surface area (Å²) in [5.41, 5.74) is 0.381. The molecule has 0 spiro atoms. The number of anilines is 2. The van der Waals surface area contributed by atoms with Crippen LogP contribution in [0.1, 0.15) is 19.4 Å². The van der Waals surface area contributed by atoms with Crippen molar-refractivity contribution in [1.29, 1.82) is 0 Å². The number of benzene rings is 1. The third-order valence-corrected chi connectivity index (χ3v) is 5.24. The number of H-pyrrole nitrogens is 1. The third kappa shape index (κ3) is 3.24. The van der Waals surface area contributed by atoms with Gasteiger partial charge in [0.2, 0.25) is 0 Å². The van der Waals surface area contributed by atoms with Crippen molar-refractivity contribution in [2.45, 2.75) is 19.4 Å². The molecule has 0 radical (unpaired) electrons. The van der Waals surface area contributed by atoms with Crippen molar-refractivity contribution in [3.05, 3.63) is 60.8 Å². The molecule has 0 saturated carbocycles. The van der Waals surface area contributed by atoms with Gasteiger partial charge in [0.1, 0.15) is 5.82 Å². The SMILES string of the molecule is CC(C)(O)c1cc(Cl)c(Nc2nc3cc[nH]c(=O)c3c3c2=CCNC=3)c(Cl)c1. The van der Waals surface area contributed by atoms with Crippen LogP contribution in [0.25, 0.3) is 23.2 Å². The fourth-order valence-electron chi connectivity index (χ4n) is 3.20. The normalized spacial score (nSPS) is 13.3. The maximum Gasteiger partial charge on any atom is 0.258 e. The van der Waals surface area contributed by atoms with Gasteiger partial charge in [-0.1, -0.05) is 29.3 Å². The molecule has 2 aromatic heterocycles. The molecule has 3 aromatic rings. The Morgan fingerprint density at radius 2 is 1.93 bits per heavy atom. The van der Waals surface area contributed by atoms with E-state index in [1.807, 2.05) is 6.08 Å². The Bertz CT molecular complexity index is 1250. The quantitative estimate of drug-likeness (QED) is 0.525. The molecule has 6 nitrogen and oxygen atoms in total. The number of fused-ring (bicyclic) bond motifs is 3. The largest absolute Gasteiger partial charge is 0.387 e. The molecule has 0 atom stereocenters. The first-order valence-electron chi connectivity index (χ1n) is 8.70. The molecule has 3 heterocycles. The Balaban J connectivity index is 1.92. The summed E-state index contributed by atoms with van der Waals surface area (Å²) in [6.45, 7) is 3.94. The van der Waals surface area contributed by atoms with Crippen LogP contribution in [0.3, 0.4) is 0 Å². The Labute approximate surface area is 170 Å². The summed E-state index contributed by atoms with van der Waals surface area (Å²) in [5.74, 6) is 0.547. The number of pyridine rings is 2. The number of nitrogens with one attached hydrogen (secondary N) is 3. The third-order valence-electron chi connectivity index (χ3n) is 4.65. The first-order chi connectivity index (χ1) is 13.3. The predicted octanol–water partition coefficient (Wildman–Crippen LogP) is 2.32. The molecule has 4 N–H and O–H groups in total. The second-order valence-corrected chi connectivity index (χ2v) is 7.92. The molecule has 4 rings (SSSR count). The van der Waals surface area contributed by atoms with Crippen LogP contribution >= 0.6 is 23.2 Å². The van der Waals surface area contributed by atoms with Crippen molar-refractivity contribution >= 4 is 57.9 Å². The minimum Gasteiger partial charge on any atom is -0.387 e. The van der Waals surface area contributed by atoms with Crippen LogP contribution in [-0.2, 0) is 5.60 Å². The Morgan fingerprint density at radius 1 is 1.21 bits per heavy atom. The van der Waals surface area contributed by atoms with E-state index in [1.165, 1.54) is 0 Å². The number of aromatic nitrogens is 2. The molecular formula is C20H18Cl2N4O2. The first-order valence-corrected chi connectivity index (χ1v) is 9.45. The highest BCUT2D eigenvalue weighted by atomic mass is 35.5. The number of nitrogens with zero attached hydrogens (tertiary/aromatic N) is 1. The standard InChI is InChI=1S/C20H18Cl2N4O2/c1-20(2,28)10-7-13(21)17(14(22)8-10)26-18-11-3-5-23-9-12(11)16-15(25-18)4-6-24-19(16)27/h3-4,6-9,23,28H,5H2,1-2H3,(H,24,27)(H,25,26). The van der Waals surface area contributed by atoms with Crippen LogP contribution in [0.4, 0.5) is 11.5 Å². The fourth-order valence-corrected chi connectivity index (χ4v) is 3.78. The smallest absolute Gasteiger partial charge is 0.258 e. The average Bonchev–Trinajstić information content (AvgIpc) is 2.63. The summed E-state index contributed by atoms with van der Waals surface area (Å²) in [6, 6.07) is 5.09. The predicted molar refractivity (Wildman–Crippen MR) is 114 cm³/mol. The zero-order chi connectivity index (χ0) is 20.1. The van der Waals surface area contributed by atoms with Gasteiger partial charge < -0.3 is 20.7 Å². The lowest BCUT2D eigenvalue weighted by molar-refractivity contribution is 0.0786. The zero-order valence-electron chi connectivity index (χ0n) is 15.2. The van der Waals surface area contributed by atoms with Crippen molar-refractivity contribution < 1.29 is 5.11 Å². The van der Waals surface area contributed by atoms with Gasteiger partial charge in [-0.3, -0.25) is 4.79 Å². The summed E-state index contributed by atoms with van der Waals surface area (Å²) >= 11 is 12.9. The van der Waals surface area contributed by atoms with Crippen molar-refractivity contribution in [2.24, 2.45) is 0 Å². The van der Waals surface area contributed by atoms with Gasteiger partial charge in [0.05, 0.1) is 32.2 Å². The fraction of sp³-hybridized carbons (Fsp3) is 0.200. The highest BCUT2D eigenvalue weighted by Crippen LogP contribution is 2.36. The number of hydrogen-bond acceptors (Lipinski definition) is 5. The minimum atomic E-state index is -1.07. The number of hydrogen-bond donors (Lipinski definition) is 4. The molecule has 0 bridgehead atoms. The van der Waals surface area contributed by atoms with Crippen molar-refractivity contribution in [3.8, 4) is 0 Å². The molecule has 28 heavy (non-hydrogen) atoms. The topological polar surface area (TPSA) is 90.0 Å². The van der Waals surface area contributed by atoms with Gasteiger partial charge in [-0.25, -0.2) is 4.98 Å². The van der Waals surface area contributed by atoms with Crippen LogP contribution < -0.4 is 26.6 Å². The van der Waals surface area contributed by atoms with Crippen molar-refractivity contribution in [3.63, 3.8) is 0 Å². The molecule has 1 aliphatic heterocycles. The monoisotopic (exact) mass is 416 g/mol. The Hall–Kier alpha value is -2.54. The second-order valence-electron chi connectivity index (χ2n) is 7.11. The summed E-state index contributed by atoms with van der Waals surface area (Å²) in [7, 11) is 0. The highest BCUT2D eigenvalue weighted by Gasteiger charge is 2.20. The highest BCUT2D eigenvalue weighted by molar-refractivity contribution is 6.39. The van der Waals surface area contributed by atoms with Gasteiger partial charge in [0, 0.05) is 29.4 Å². The molecule has 0 amide bonds. The van der Waals surface area contributed by atoms with Crippen LogP contribution in [-0.4, -0.2) is 21.6 Å². The summed E-state index contributed by atoms with van der Waals surface area (Å²) in [4.78, 5) is 19.6. The second kappa shape index (κ2) is 6.81. The van der Waals surface area contributed by atoms with Crippen LogP contribution in [0.5, 0.6) is 0 Å². The maximum atomic E-state index is 12.3.